The Morgan fingerprint density at radius 1 is 1.62 bits per heavy atom. The molecule has 0 unspecified atom stereocenters. The molecule has 2 rings (SSSR count). The van der Waals surface area contributed by atoms with Gasteiger partial charge in [0.05, 0.1) is 5.60 Å². The molecule has 1 heterocycles. The van der Waals surface area contributed by atoms with Gasteiger partial charge >= 0.3 is 0 Å². The van der Waals surface area contributed by atoms with E-state index in [-0.39, 0.29) is 5.95 Å². The molecule has 0 bridgehead atoms. The van der Waals surface area contributed by atoms with Gasteiger partial charge in [0.25, 0.3) is 0 Å². The first-order valence-electron chi connectivity index (χ1n) is 4.32. The van der Waals surface area contributed by atoms with Crippen LogP contribution in [0.25, 0.3) is 0 Å². The van der Waals surface area contributed by atoms with Crippen LogP contribution in [0, 0.1) is 0 Å². The number of hydrogen-bond donors (Lipinski definition) is 4. The van der Waals surface area contributed by atoms with E-state index < -0.39 is 5.60 Å². The van der Waals surface area contributed by atoms with Crippen molar-refractivity contribution in [1.82, 2.24) is 15.2 Å². The van der Waals surface area contributed by atoms with Gasteiger partial charge < -0.3 is 16.2 Å². The molecule has 0 spiro atoms. The molecular weight excluding hydrogens is 170 g/mol. The quantitative estimate of drug-likeness (QED) is 0.516. The lowest BCUT2D eigenvalue weighted by atomic mass is 9.80. The Bertz CT molecular complexity index is 293. The van der Waals surface area contributed by atoms with Crippen molar-refractivity contribution in [2.24, 2.45) is 0 Å². The number of H-pyrrole nitrogens is 1. The molecule has 0 amide bonds. The Morgan fingerprint density at radius 2 is 2.38 bits per heavy atom. The third-order valence-corrected chi connectivity index (χ3v) is 2.36. The van der Waals surface area contributed by atoms with Crippen molar-refractivity contribution in [3.8, 4) is 0 Å². The lowest BCUT2D eigenvalue weighted by Gasteiger charge is -2.36. The van der Waals surface area contributed by atoms with E-state index in [4.69, 9.17) is 5.73 Å². The molecule has 13 heavy (non-hydrogen) atoms. The first-order chi connectivity index (χ1) is 6.18. The molecule has 6 nitrogen and oxygen atoms in total. The van der Waals surface area contributed by atoms with Crippen LogP contribution in [0.15, 0.2) is 0 Å². The van der Waals surface area contributed by atoms with E-state index in [0.717, 1.165) is 19.3 Å². The van der Waals surface area contributed by atoms with Gasteiger partial charge in [0.1, 0.15) is 0 Å². The fourth-order valence-corrected chi connectivity index (χ4v) is 1.36. The Morgan fingerprint density at radius 3 is 2.85 bits per heavy atom. The lowest BCUT2D eigenvalue weighted by Crippen LogP contribution is -2.43. The van der Waals surface area contributed by atoms with Gasteiger partial charge in [-0.3, -0.25) is 0 Å². The van der Waals surface area contributed by atoms with E-state index >= 15 is 0 Å². The number of nitrogens with one attached hydrogen (secondary N) is 2. The van der Waals surface area contributed by atoms with Crippen molar-refractivity contribution in [3.05, 3.63) is 0 Å². The van der Waals surface area contributed by atoms with Gasteiger partial charge in [0, 0.05) is 6.54 Å². The number of rotatable bonds is 3. The third kappa shape index (κ3) is 1.72. The molecule has 1 aromatic heterocycles. The van der Waals surface area contributed by atoms with Crippen molar-refractivity contribution in [2.45, 2.75) is 24.9 Å². The number of hydrogen-bond acceptors (Lipinski definition) is 5. The topological polar surface area (TPSA) is 99.8 Å². The Hall–Kier alpha value is -1.30. The highest BCUT2D eigenvalue weighted by Crippen LogP contribution is 2.31. The second kappa shape index (κ2) is 2.88. The number of nitrogens with zero attached hydrogens (tertiary/aromatic N) is 2. The molecule has 5 N–H and O–H groups in total. The monoisotopic (exact) mass is 183 g/mol. The van der Waals surface area contributed by atoms with Crippen LogP contribution in [0.3, 0.4) is 0 Å². The SMILES string of the molecule is Nc1nc(NCC2(O)CCC2)n[nH]1. The van der Waals surface area contributed by atoms with Gasteiger partial charge in [-0.05, 0) is 19.3 Å². The molecule has 1 fully saturated rings. The highest BCUT2D eigenvalue weighted by molar-refractivity contribution is 5.30. The predicted octanol–water partition coefficient (Wildman–Crippen LogP) is -0.286. The van der Waals surface area contributed by atoms with E-state index in [2.05, 4.69) is 20.5 Å². The number of aliphatic hydroxyl groups is 1. The van der Waals surface area contributed by atoms with Crippen LogP contribution >= 0.6 is 0 Å². The Kier molecular flexibility index (Phi) is 1.84. The number of anilines is 2. The van der Waals surface area contributed by atoms with E-state index in [1.807, 2.05) is 0 Å². The van der Waals surface area contributed by atoms with E-state index in [0.29, 0.717) is 12.5 Å². The van der Waals surface area contributed by atoms with Crippen molar-refractivity contribution >= 4 is 11.9 Å². The first-order valence-corrected chi connectivity index (χ1v) is 4.32. The molecule has 1 aliphatic carbocycles. The number of nitrogens with two attached hydrogens (primary N) is 1. The van der Waals surface area contributed by atoms with Gasteiger partial charge in [-0.1, -0.05) is 0 Å². The van der Waals surface area contributed by atoms with Gasteiger partial charge in [-0.15, -0.1) is 5.10 Å². The largest absolute Gasteiger partial charge is 0.388 e. The molecule has 0 atom stereocenters. The van der Waals surface area contributed by atoms with Crippen LogP contribution in [0.4, 0.5) is 11.9 Å². The van der Waals surface area contributed by atoms with Gasteiger partial charge in [-0.25, -0.2) is 5.10 Å². The summed E-state index contributed by atoms with van der Waals surface area (Å²) in [6, 6.07) is 0. The van der Waals surface area contributed by atoms with Crippen molar-refractivity contribution in [3.63, 3.8) is 0 Å². The predicted molar refractivity (Wildman–Crippen MR) is 48.1 cm³/mol. The average Bonchev–Trinajstić information content (AvgIpc) is 2.44. The molecule has 72 valence electrons. The maximum Gasteiger partial charge on any atom is 0.243 e. The molecule has 1 aliphatic rings. The van der Waals surface area contributed by atoms with Crippen molar-refractivity contribution < 1.29 is 5.11 Å². The molecule has 1 saturated carbocycles. The fraction of sp³-hybridized carbons (Fsp3) is 0.714. The maximum absolute atomic E-state index is 9.72. The van der Waals surface area contributed by atoms with Crippen LogP contribution in [0.2, 0.25) is 0 Å². The molecule has 0 aliphatic heterocycles. The van der Waals surface area contributed by atoms with Crippen molar-refractivity contribution in [1.29, 1.82) is 0 Å². The molecule has 0 aromatic carbocycles. The first kappa shape index (κ1) is 8.31. The van der Waals surface area contributed by atoms with Crippen LogP contribution in [0.5, 0.6) is 0 Å². The van der Waals surface area contributed by atoms with Gasteiger partial charge in [0.15, 0.2) is 0 Å². The molecular formula is C7H13N5O. The molecule has 6 heteroatoms. The van der Waals surface area contributed by atoms with E-state index in [9.17, 15) is 5.11 Å². The minimum Gasteiger partial charge on any atom is -0.388 e. The minimum atomic E-state index is -0.560. The average molecular weight is 183 g/mol. The van der Waals surface area contributed by atoms with Gasteiger partial charge in [-0.2, -0.15) is 4.98 Å². The summed E-state index contributed by atoms with van der Waals surface area (Å²) in [5.74, 6) is 0.723. The van der Waals surface area contributed by atoms with Crippen LogP contribution < -0.4 is 11.1 Å². The summed E-state index contributed by atoms with van der Waals surface area (Å²) in [5.41, 5.74) is 4.77. The van der Waals surface area contributed by atoms with E-state index in [1.54, 1.807) is 0 Å². The summed E-state index contributed by atoms with van der Waals surface area (Å²) >= 11 is 0. The third-order valence-electron chi connectivity index (χ3n) is 2.36. The summed E-state index contributed by atoms with van der Waals surface area (Å²) in [6.07, 6.45) is 2.79. The second-order valence-electron chi connectivity index (χ2n) is 3.48. The number of aromatic amines is 1. The normalized spacial score (nSPS) is 19.5. The lowest BCUT2D eigenvalue weighted by molar-refractivity contribution is -0.0203. The van der Waals surface area contributed by atoms with Crippen LogP contribution in [0.1, 0.15) is 19.3 Å². The highest BCUT2D eigenvalue weighted by atomic mass is 16.3. The van der Waals surface area contributed by atoms with Crippen molar-refractivity contribution in [2.75, 3.05) is 17.6 Å². The zero-order chi connectivity index (χ0) is 9.31. The Labute approximate surface area is 75.6 Å². The van der Waals surface area contributed by atoms with Gasteiger partial charge in [0.2, 0.25) is 11.9 Å². The minimum absolute atomic E-state index is 0.281. The zero-order valence-electron chi connectivity index (χ0n) is 7.25. The van der Waals surface area contributed by atoms with Crippen LogP contribution in [-0.2, 0) is 0 Å². The maximum atomic E-state index is 9.72. The number of aromatic nitrogens is 3. The summed E-state index contributed by atoms with van der Waals surface area (Å²) in [6.45, 7) is 0.490. The standard InChI is InChI=1S/C7H13N5O/c8-5-10-6(12-11-5)9-4-7(13)2-1-3-7/h13H,1-4H2,(H4,8,9,10,11,12). The smallest absolute Gasteiger partial charge is 0.243 e. The summed E-state index contributed by atoms with van der Waals surface area (Å²) in [7, 11) is 0. The number of nitrogen functional groups attached to an aromatic ring is 1. The van der Waals surface area contributed by atoms with E-state index in [1.165, 1.54) is 0 Å². The van der Waals surface area contributed by atoms with Crippen LogP contribution in [-0.4, -0.2) is 32.4 Å². The molecule has 1 aromatic rings. The molecule has 0 saturated heterocycles. The Balaban J connectivity index is 1.85. The zero-order valence-corrected chi connectivity index (χ0v) is 7.25. The summed E-state index contributed by atoms with van der Waals surface area (Å²) in [5, 5.41) is 19.0. The summed E-state index contributed by atoms with van der Waals surface area (Å²) < 4.78 is 0. The summed E-state index contributed by atoms with van der Waals surface area (Å²) in [4.78, 5) is 3.86. The highest BCUT2D eigenvalue weighted by Gasteiger charge is 2.34. The fourth-order valence-electron chi connectivity index (χ4n) is 1.36. The second-order valence-corrected chi connectivity index (χ2v) is 3.48. The molecule has 0 radical (unpaired) electrons.